The fourth-order valence-electron chi connectivity index (χ4n) is 2.87. The molecule has 3 N–H and O–H groups in total. The van der Waals surface area contributed by atoms with Gasteiger partial charge in [0.15, 0.2) is 0 Å². The lowest BCUT2D eigenvalue weighted by Crippen LogP contribution is -2.36. The van der Waals surface area contributed by atoms with E-state index in [9.17, 15) is 4.79 Å². The Morgan fingerprint density at radius 1 is 1.25 bits per heavy atom. The minimum absolute atomic E-state index is 0. The van der Waals surface area contributed by atoms with Gasteiger partial charge in [-0.05, 0) is 44.0 Å². The van der Waals surface area contributed by atoms with E-state index in [0.29, 0.717) is 6.42 Å². The van der Waals surface area contributed by atoms with Gasteiger partial charge < -0.3 is 16.0 Å². The van der Waals surface area contributed by atoms with E-state index in [4.69, 9.17) is 17.3 Å². The molecule has 1 atom stereocenters. The highest BCUT2D eigenvalue weighted by Crippen LogP contribution is 2.23. The molecule has 138 valence electrons. The smallest absolute Gasteiger partial charge is 0.220 e. The van der Waals surface area contributed by atoms with Gasteiger partial charge >= 0.3 is 0 Å². The van der Waals surface area contributed by atoms with Crippen molar-refractivity contribution < 1.29 is 4.79 Å². The van der Waals surface area contributed by atoms with Crippen LogP contribution in [0, 0.1) is 0 Å². The lowest BCUT2D eigenvalue weighted by Gasteiger charge is -2.19. The van der Waals surface area contributed by atoms with Crippen molar-refractivity contribution in [2.24, 2.45) is 5.73 Å². The van der Waals surface area contributed by atoms with Crippen molar-refractivity contribution in [1.29, 1.82) is 0 Å². The Balaban J connectivity index is 0.00000264. The molecule has 1 unspecified atom stereocenters. The van der Waals surface area contributed by atoms with Crippen LogP contribution < -0.4 is 16.0 Å². The Labute approximate surface area is 162 Å². The van der Waals surface area contributed by atoms with Gasteiger partial charge in [0, 0.05) is 36.3 Å². The molecule has 0 spiro atoms. The van der Waals surface area contributed by atoms with Crippen LogP contribution in [0.3, 0.4) is 0 Å². The predicted octanol–water partition coefficient (Wildman–Crippen LogP) is 3.79. The zero-order chi connectivity index (χ0) is 15.8. The lowest BCUT2D eigenvalue weighted by molar-refractivity contribution is -0.121. The summed E-state index contributed by atoms with van der Waals surface area (Å²) in [6.45, 7) is 2.56. The summed E-state index contributed by atoms with van der Waals surface area (Å²) >= 11 is 6.03. The summed E-state index contributed by atoms with van der Waals surface area (Å²) in [7, 11) is 0. The number of benzene rings is 1. The SMILES string of the molecule is Cl.Cl.NCCCCCCC(=O)NC1CCN(c2cccc(Cl)c2)C1. The highest BCUT2D eigenvalue weighted by Gasteiger charge is 2.23. The Hall–Kier alpha value is -0.680. The van der Waals surface area contributed by atoms with E-state index < -0.39 is 0 Å². The number of carbonyl (C=O) groups excluding carboxylic acids is 1. The number of rotatable bonds is 8. The molecular weight excluding hydrogens is 369 g/mol. The molecule has 1 aliphatic rings. The number of hydrogen-bond donors (Lipinski definition) is 2. The molecule has 0 radical (unpaired) electrons. The maximum atomic E-state index is 12.0. The van der Waals surface area contributed by atoms with Crippen LogP contribution in [0.5, 0.6) is 0 Å². The van der Waals surface area contributed by atoms with E-state index >= 15 is 0 Å². The topological polar surface area (TPSA) is 58.4 Å². The molecule has 7 heteroatoms. The summed E-state index contributed by atoms with van der Waals surface area (Å²) < 4.78 is 0. The zero-order valence-corrected chi connectivity index (χ0v) is 16.3. The van der Waals surface area contributed by atoms with Crippen LogP contribution in [0.25, 0.3) is 0 Å². The standard InChI is InChI=1S/C17H26ClN3O.2ClH/c18-14-6-5-7-16(12-14)21-11-9-15(13-21)20-17(22)8-3-1-2-4-10-19;;/h5-7,12,15H,1-4,8-11,13,19H2,(H,20,22);2*1H. The first-order chi connectivity index (χ1) is 10.7. The average molecular weight is 397 g/mol. The van der Waals surface area contributed by atoms with Gasteiger partial charge in [0.2, 0.25) is 5.91 Å². The number of halogens is 3. The quantitative estimate of drug-likeness (QED) is 0.657. The Morgan fingerprint density at radius 2 is 2.00 bits per heavy atom. The van der Waals surface area contributed by atoms with E-state index in [1.54, 1.807) is 0 Å². The molecule has 1 aromatic rings. The molecule has 1 fully saturated rings. The van der Waals surface area contributed by atoms with Crippen molar-refractivity contribution in [2.75, 3.05) is 24.5 Å². The van der Waals surface area contributed by atoms with Gasteiger partial charge in [0.25, 0.3) is 0 Å². The van der Waals surface area contributed by atoms with Crippen LogP contribution in [0.2, 0.25) is 5.02 Å². The highest BCUT2D eigenvalue weighted by atomic mass is 35.5. The molecule has 1 saturated heterocycles. The number of nitrogens with two attached hydrogens (primary N) is 1. The third kappa shape index (κ3) is 7.93. The summed E-state index contributed by atoms with van der Waals surface area (Å²) in [6.07, 6.45) is 5.83. The largest absolute Gasteiger partial charge is 0.369 e. The molecular formula is C17H28Cl3N3O. The Bertz CT molecular complexity index is 488. The molecule has 24 heavy (non-hydrogen) atoms. The van der Waals surface area contributed by atoms with Crippen molar-refractivity contribution in [3.63, 3.8) is 0 Å². The van der Waals surface area contributed by atoms with Crippen molar-refractivity contribution in [1.82, 2.24) is 5.32 Å². The van der Waals surface area contributed by atoms with Gasteiger partial charge in [-0.3, -0.25) is 4.79 Å². The zero-order valence-electron chi connectivity index (χ0n) is 13.9. The normalized spacial score (nSPS) is 16.2. The minimum atomic E-state index is 0. The van der Waals surface area contributed by atoms with E-state index in [1.165, 1.54) is 0 Å². The molecule has 0 aliphatic carbocycles. The van der Waals surface area contributed by atoms with Gasteiger partial charge in [-0.2, -0.15) is 0 Å². The molecule has 0 saturated carbocycles. The van der Waals surface area contributed by atoms with E-state index in [1.807, 2.05) is 18.2 Å². The van der Waals surface area contributed by atoms with Crippen LogP contribution in [-0.2, 0) is 4.79 Å². The second-order valence-corrected chi connectivity index (χ2v) is 6.37. The number of nitrogens with one attached hydrogen (secondary N) is 1. The summed E-state index contributed by atoms with van der Waals surface area (Å²) in [5.74, 6) is 0.172. The van der Waals surface area contributed by atoms with E-state index in [-0.39, 0.29) is 36.8 Å². The number of nitrogens with zero attached hydrogens (tertiary/aromatic N) is 1. The van der Waals surface area contributed by atoms with Crippen LogP contribution in [0.4, 0.5) is 5.69 Å². The monoisotopic (exact) mass is 395 g/mol. The lowest BCUT2D eigenvalue weighted by atomic mass is 10.1. The maximum Gasteiger partial charge on any atom is 0.220 e. The third-order valence-corrected chi connectivity index (χ3v) is 4.32. The number of amides is 1. The molecule has 1 heterocycles. The molecule has 1 aromatic carbocycles. The summed E-state index contributed by atoms with van der Waals surface area (Å²) in [5.41, 5.74) is 6.59. The number of anilines is 1. The summed E-state index contributed by atoms with van der Waals surface area (Å²) in [5, 5.41) is 3.90. The second-order valence-electron chi connectivity index (χ2n) is 5.93. The molecule has 2 rings (SSSR count). The van der Waals surface area contributed by atoms with Crippen molar-refractivity contribution in [3.8, 4) is 0 Å². The third-order valence-electron chi connectivity index (χ3n) is 4.08. The Kier molecular flexibility index (Phi) is 12.3. The molecule has 1 aliphatic heterocycles. The molecule has 0 aromatic heterocycles. The highest BCUT2D eigenvalue weighted by molar-refractivity contribution is 6.30. The van der Waals surface area contributed by atoms with Gasteiger partial charge in [0.1, 0.15) is 0 Å². The first-order valence-corrected chi connectivity index (χ1v) is 8.57. The first kappa shape index (κ1) is 23.3. The van der Waals surface area contributed by atoms with Gasteiger partial charge in [-0.1, -0.05) is 30.5 Å². The van der Waals surface area contributed by atoms with Crippen LogP contribution in [0.1, 0.15) is 38.5 Å². The second kappa shape index (κ2) is 12.6. The summed E-state index contributed by atoms with van der Waals surface area (Å²) in [6, 6.07) is 8.13. The summed E-state index contributed by atoms with van der Waals surface area (Å²) in [4.78, 5) is 14.2. The fourth-order valence-corrected chi connectivity index (χ4v) is 3.05. The van der Waals surface area contributed by atoms with Gasteiger partial charge in [-0.25, -0.2) is 0 Å². The first-order valence-electron chi connectivity index (χ1n) is 8.19. The van der Waals surface area contributed by atoms with Crippen LogP contribution in [0.15, 0.2) is 24.3 Å². The number of unbranched alkanes of at least 4 members (excludes halogenated alkanes) is 3. The van der Waals surface area contributed by atoms with Gasteiger partial charge in [-0.15, -0.1) is 24.8 Å². The van der Waals surface area contributed by atoms with Crippen LogP contribution >= 0.6 is 36.4 Å². The number of carbonyl (C=O) groups is 1. The minimum Gasteiger partial charge on any atom is -0.369 e. The molecule has 0 bridgehead atoms. The van der Waals surface area contributed by atoms with Gasteiger partial charge in [0.05, 0.1) is 0 Å². The van der Waals surface area contributed by atoms with E-state index in [2.05, 4.69) is 16.3 Å². The number of hydrogen-bond acceptors (Lipinski definition) is 3. The van der Waals surface area contributed by atoms with Crippen molar-refractivity contribution in [3.05, 3.63) is 29.3 Å². The Morgan fingerprint density at radius 3 is 2.71 bits per heavy atom. The molecule has 4 nitrogen and oxygen atoms in total. The van der Waals surface area contributed by atoms with Crippen LogP contribution in [-0.4, -0.2) is 31.6 Å². The average Bonchev–Trinajstić information content (AvgIpc) is 2.95. The predicted molar refractivity (Wildman–Crippen MR) is 107 cm³/mol. The fraction of sp³-hybridized carbons (Fsp3) is 0.588. The van der Waals surface area contributed by atoms with Crippen molar-refractivity contribution in [2.45, 2.75) is 44.6 Å². The van der Waals surface area contributed by atoms with E-state index in [0.717, 1.165) is 62.4 Å². The van der Waals surface area contributed by atoms with Crippen molar-refractivity contribution >= 4 is 48.0 Å². The molecule has 1 amide bonds. The maximum absolute atomic E-state index is 12.0.